The molecule has 3 rings (SSSR count). The van der Waals surface area contributed by atoms with Crippen LogP contribution in [0.3, 0.4) is 0 Å². The zero-order chi connectivity index (χ0) is 9.54. The Hall–Kier alpha value is -0.0500. The van der Waals surface area contributed by atoms with Gasteiger partial charge in [-0.3, -0.25) is 0 Å². The van der Waals surface area contributed by atoms with Gasteiger partial charge < -0.3 is 0 Å². The molecule has 0 saturated heterocycles. The lowest BCUT2D eigenvalue weighted by molar-refractivity contribution is 0.477. The lowest BCUT2D eigenvalue weighted by atomic mass is 9.73. The van der Waals surface area contributed by atoms with Gasteiger partial charge in [-0.05, 0) is 54.7 Å². The molecule has 74 valence electrons. The highest BCUT2D eigenvalue weighted by molar-refractivity contribution is 14.1. The van der Waals surface area contributed by atoms with E-state index in [0.29, 0.717) is 0 Å². The summed E-state index contributed by atoms with van der Waals surface area (Å²) in [5.41, 5.74) is 5.04. The molecule has 0 radical (unpaired) electrons. The molecule has 0 heterocycles. The van der Waals surface area contributed by atoms with Gasteiger partial charge in [0.25, 0.3) is 0 Å². The smallest absolute Gasteiger partial charge is 0.0362 e. The van der Waals surface area contributed by atoms with Crippen LogP contribution in [0.4, 0.5) is 0 Å². The van der Waals surface area contributed by atoms with Crippen molar-refractivity contribution in [3.63, 3.8) is 0 Å². The molecule has 0 amide bonds. The second kappa shape index (κ2) is 3.51. The van der Waals surface area contributed by atoms with Crippen LogP contribution < -0.4 is 0 Å². The first kappa shape index (κ1) is 9.20. The molecule has 0 aromatic heterocycles. The normalized spacial score (nSPS) is 29.8. The van der Waals surface area contributed by atoms with Gasteiger partial charge in [0, 0.05) is 3.92 Å². The fourth-order valence-electron chi connectivity index (χ4n) is 3.10. The van der Waals surface area contributed by atoms with Gasteiger partial charge in [0.15, 0.2) is 0 Å². The Labute approximate surface area is 99.2 Å². The standard InChI is InChI=1S/C13H15I/c14-12-8-7-10-4-1-3-9-5-2-6-11(12)13(9)10/h2,5-6,10,12H,1,3-4,7-8H2. The first-order valence-corrected chi connectivity index (χ1v) is 6.86. The summed E-state index contributed by atoms with van der Waals surface area (Å²) in [6.45, 7) is 0. The maximum atomic E-state index is 2.62. The Balaban J connectivity index is 2.19. The third-order valence-electron chi connectivity index (χ3n) is 3.74. The van der Waals surface area contributed by atoms with Crippen LogP contribution >= 0.6 is 22.6 Å². The lowest BCUT2D eigenvalue weighted by Gasteiger charge is -2.34. The van der Waals surface area contributed by atoms with Crippen molar-refractivity contribution in [2.24, 2.45) is 0 Å². The van der Waals surface area contributed by atoms with Crippen LogP contribution in [0.25, 0.3) is 0 Å². The summed E-state index contributed by atoms with van der Waals surface area (Å²) in [6, 6.07) is 6.96. The van der Waals surface area contributed by atoms with E-state index in [-0.39, 0.29) is 0 Å². The number of halogens is 1. The molecule has 0 fully saturated rings. The Bertz CT molecular complexity index is 356. The molecule has 14 heavy (non-hydrogen) atoms. The van der Waals surface area contributed by atoms with Gasteiger partial charge in [-0.2, -0.15) is 0 Å². The third-order valence-corrected chi connectivity index (χ3v) is 5.04. The van der Waals surface area contributed by atoms with Crippen LogP contribution in [0, 0.1) is 0 Å². The summed E-state index contributed by atoms with van der Waals surface area (Å²) in [7, 11) is 0. The van der Waals surface area contributed by atoms with E-state index in [0.717, 1.165) is 9.84 Å². The quantitative estimate of drug-likeness (QED) is 0.492. The van der Waals surface area contributed by atoms with Crippen LogP contribution in [0.2, 0.25) is 0 Å². The molecule has 0 aliphatic heterocycles. The van der Waals surface area contributed by atoms with E-state index in [2.05, 4.69) is 40.8 Å². The second-order valence-corrected chi connectivity index (χ2v) is 6.06. The molecule has 0 bridgehead atoms. The summed E-state index contributed by atoms with van der Waals surface area (Å²) in [6.07, 6.45) is 6.99. The molecular weight excluding hydrogens is 283 g/mol. The zero-order valence-electron chi connectivity index (χ0n) is 8.30. The summed E-state index contributed by atoms with van der Waals surface area (Å²) >= 11 is 2.62. The van der Waals surface area contributed by atoms with Gasteiger partial charge >= 0.3 is 0 Å². The SMILES string of the molecule is IC1CCC2CCCc3cccc1c32. The molecule has 0 spiro atoms. The highest BCUT2D eigenvalue weighted by Crippen LogP contribution is 2.47. The molecule has 1 aromatic rings. The van der Waals surface area contributed by atoms with Crippen molar-refractivity contribution in [3.05, 3.63) is 34.9 Å². The van der Waals surface area contributed by atoms with Gasteiger partial charge in [-0.15, -0.1) is 0 Å². The van der Waals surface area contributed by atoms with E-state index in [4.69, 9.17) is 0 Å². The zero-order valence-corrected chi connectivity index (χ0v) is 10.5. The minimum absolute atomic E-state index is 0.775. The van der Waals surface area contributed by atoms with Gasteiger partial charge in [0.05, 0.1) is 0 Å². The minimum Gasteiger partial charge on any atom is -0.0774 e. The molecule has 2 unspecified atom stereocenters. The van der Waals surface area contributed by atoms with Crippen LogP contribution in [0.5, 0.6) is 0 Å². The fourth-order valence-corrected chi connectivity index (χ4v) is 4.00. The van der Waals surface area contributed by atoms with E-state index in [1.165, 1.54) is 32.1 Å². The highest BCUT2D eigenvalue weighted by Gasteiger charge is 2.29. The first-order chi connectivity index (χ1) is 6.86. The summed E-state index contributed by atoms with van der Waals surface area (Å²) < 4.78 is 0.775. The molecule has 1 aromatic carbocycles. The van der Waals surface area contributed by atoms with Gasteiger partial charge in [-0.1, -0.05) is 40.8 Å². The molecule has 2 aliphatic rings. The van der Waals surface area contributed by atoms with E-state index < -0.39 is 0 Å². The van der Waals surface area contributed by atoms with Crippen LogP contribution in [-0.4, -0.2) is 0 Å². The average molecular weight is 298 g/mol. The van der Waals surface area contributed by atoms with Crippen molar-refractivity contribution < 1.29 is 0 Å². The second-order valence-electron chi connectivity index (χ2n) is 4.55. The molecule has 0 nitrogen and oxygen atoms in total. The first-order valence-electron chi connectivity index (χ1n) is 5.62. The number of hydrogen-bond acceptors (Lipinski definition) is 0. The lowest BCUT2D eigenvalue weighted by Crippen LogP contribution is -2.17. The average Bonchev–Trinajstić information content (AvgIpc) is 2.24. The molecule has 0 saturated carbocycles. The third kappa shape index (κ3) is 1.32. The molecule has 0 N–H and O–H groups in total. The van der Waals surface area contributed by atoms with Gasteiger partial charge in [0.1, 0.15) is 0 Å². The molecule has 1 heteroatoms. The maximum Gasteiger partial charge on any atom is 0.0362 e. The predicted octanol–water partition coefficient (Wildman–Crippen LogP) is 4.38. The Morgan fingerprint density at radius 1 is 1.14 bits per heavy atom. The topological polar surface area (TPSA) is 0 Å². The van der Waals surface area contributed by atoms with Crippen LogP contribution in [0.1, 0.15) is 52.2 Å². The Kier molecular flexibility index (Phi) is 2.31. The number of rotatable bonds is 0. The maximum absolute atomic E-state index is 2.62. The van der Waals surface area contributed by atoms with Crippen LogP contribution in [-0.2, 0) is 6.42 Å². The van der Waals surface area contributed by atoms with Crippen molar-refractivity contribution >= 4 is 22.6 Å². The monoisotopic (exact) mass is 298 g/mol. The summed E-state index contributed by atoms with van der Waals surface area (Å²) in [5, 5.41) is 0. The van der Waals surface area contributed by atoms with Crippen molar-refractivity contribution in [1.29, 1.82) is 0 Å². The highest BCUT2D eigenvalue weighted by atomic mass is 127. The summed E-state index contributed by atoms with van der Waals surface area (Å²) in [4.78, 5) is 0. The van der Waals surface area contributed by atoms with Crippen molar-refractivity contribution in [1.82, 2.24) is 0 Å². The van der Waals surface area contributed by atoms with Gasteiger partial charge in [-0.25, -0.2) is 0 Å². The number of aryl methyl sites for hydroxylation is 1. The Morgan fingerprint density at radius 3 is 3.00 bits per heavy atom. The molecule has 2 atom stereocenters. The van der Waals surface area contributed by atoms with Crippen molar-refractivity contribution in [2.45, 2.75) is 41.9 Å². The molecular formula is C13H15I. The van der Waals surface area contributed by atoms with Crippen molar-refractivity contribution in [2.75, 3.05) is 0 Å². The largest absolute Gasteiger partial charge is 0.0774 e. The van der Waals surface area contributed by atoms with Crippen molar-refractivity contribution in [3.8, 4) is 0 Å². The predicted molar refractivity (Wildman–Crippen MR) is 68.1 cm³/mol. The number of alkyl halides is 1. The van der Waals surface area contributed by atoms with E-state index in [1.807, 2.05) is 0 Å². The van der Waals surface area contributed by atoms with Crippen LogP contribution in [0.15, 0.2) is 18.2 Å². The number of benzene rings is 1. The summed E-state index contributed by atoms with van der Waals surface area (Å²) in [5.74, 6) is 0.904. The van der Waals surface area contributed by atoms with E-state index in [1.54, 1.807) is 16.7 Å². The fraction of sp³-hybridized carbons (Fsp3) is 0.538. The van der Waals surface area contributed by atoms with E-state index >= 15 is 0 Å². The number of hydrogen-bond donors (Lipinski definition) is 0. The minimum atomic E-state index is 0.775. The van der Waals surface area contributed by atoms with Gasteiger partial charge in [0.2, 0.25) is 0 Å². The Morgan fingerprint density at radius 2 is 2.07 bits per heavy atom. The van der Waals surface area contributed by atoms with E-state index in [9.17, 15) is 0 Å². The molecule has 2 aliphatic carbocycles.